The first-order valence-electron chi connectivity index (χ1n) is 7.23. The number of urea groups is 1. The summed E-state index contributed by atoms with van der Waals surface area (Å²) in [7, 11) is 3.94. The molecule has 6 heteroatoms. The van der Waals surface area contributed by atoms with Gasteiger partial charge in [0.15, 0.2) is 0 Å². The summed E-state index contributed by atoms with van der Waals surface area (Å²) in [5, 5.41) is 11.9. The van der Waals surface area contributed by atoms with Crippen LogP contribution in [0, 0.1) is 5.92 Å². The minimum atomic E-state index is -0.958. The molecule has 2 N–H and O–H groups in total. The van der Waals surface area contributed by atoms with E-state index in [1.807, 2.05) is 19.0 Å². The van der Waals surface area contributed by atoms with Crippen molar-refractivity contribution in [1.82, 2.24) is 15.1 Å². The molecule has 1 aliphatic rings. The summed E-state index contributed by atoms with van der Waals surface area (Å²) in [6.07, 6.45) is 2.70. The zero-order valence-corrected chi connectivity index (χ0v) is 12.9. The number of hydrogen-bond acceptors (Lipinski definition) is 3. The lowest BCUT2D eigenvalue weighted by molar-refractivity contribution is -0.137. The summed E-state index contributed by atoms with van der Waals surface area (Å²) in [5.74, 6) is -0.478. The van der Waals surface area contributed by atoms with Gasteiger partial charge in [0.2, 0.25) is 0 Å². The molecule has 20 heavy (non-hydrogen) atoms. The fourth-order valence-electron chi connectivity index (χ4n) is 2.35. The molecule has 1 aliphatic carbocycles. The van der Waals surface area contributed by atoms with E-state index in [0.29, 0.717) is 5.92 Å². The highest BCUT2D eigenvalue weighted by Crippen LogP contribution is 2.26. The van der Waals surface area contributed by atoms with Crippen LogP contribution in [0.15, 0.2) is 0 Å². The third kappa shape index (κ3) is 6.23. The lowest BCUT2D eigenvalue weighted by Gasteiger charge is -2.28. The Morgan fingerprint density at radius 1 is 1.30 bits per heavy atom. The minimum absolute atomic E-state index is 0.0487. The van der Waals surface area contributed by atoms with E-state index in [-0.39, 0.29) is 24.7 Å². The molecule has 0 aromatic heterocycles. The first-order chi connectivity index (χ1) is 9.29. The molecule has 0 spiro atoms. The number of carbonyl (C=O) groups excluding carboxylic acids is 1. The maximum atomic E-state index is 12.3. The van der Waals surface area contributed by atoms with Crippen LogP contribution in [-0.4, -0.2) is 66.2 Å². The third-order valence-electron chi connectivity index (χ3n) is 3.22. The molecule has 0 aromatic rings. The number of amides is 2. The Balaban J connectivity index is 2.59. The number of carbonyl (C=O) groups is 2. The molecule has 0 aliphatic heterocycles. The Bertz CT molecular complexity index is 331. The first kappa shape index (κ1) is 16.8. The van der Waals surface area contributed by atoms with E-state index in [0.717, 1.165) is 25.8 Å². The Labute approximate surface area is 121 Å². The molecule has 2 amide bonds. The van der Waals surface area contributed by atoms with Gasteiger partial charge in [0, 0.05) is 18.6 Å². The number of aliphatic carboxylic acids is 1. The number of rotatable bonds is 8. The zero-order chi connectivity index (χ0) is 15.3. The van der Waals surface area contributed by atoms with Crippen LogP contribution in [0.2, 0.25) is 0 Å². The molecule has 0 heterocycles. The molecule has 0 saturated heterocycles. The number of nitrogens with one attached hydrogen (secondary N) is 1. The predicted octanol–water partition coefficient (Wildman–Crippen LogP) is 1.22. The summed E-state index contributed by atoms with van der Waals surface area (Å²) in [6.45, 7) is 4.78. The van der Waals surface area contributed by atoms with Crippen molar-refractivity contribution >= 4 is 12.0 Å². The van der Waals surface area contributed by atoms with Gasteiger partial charge in [0.25, 0.3) is 0 Å². The Morgan fingerprint density at radius 2 is 1.90 bits per heavy atom. The third-order valence-corrected chi connectivity index (χ3v) is 3.22. The lowest BCUT2D eigenvalue weighted by atomic mass is 10.0. The maximum absolute atomic E-state index is 12.3. The van der Waals surface area contributed by atoms with Gasteiger partial charge in [-0.25, -0.2) is 4.79 Å². The van der Waals surface area contributed by atoms with Crippen molar-refractivity contribution < 1.29 is 14.7 Å². The molecule has 1 unspecified atom stereocenters. The van der Waals surface area contributed by atoms with Crippen LogP contribution >= 0.6 is 0 Å². The summed E-state index contributed by atoms with van der Waals surface area (Å²) in [4.78, 5) is 26.6. The molecule has 116 valence electrons. The quantitative estimate of drug-likeness (QED) is 0.703. The second-order valence-corrected chi connectivity index (χ2v) is 6.29. The lowest BCUT2D eigenvalue weighted by Crippen LogP contribution is -2.50. The van der Waals surface area contributed by atoms with Gasteiger partial charge in [0.1, 0.15) is 6.54 Å². The van der Waals surface area contributed by atoms with Crippen molar-refractivity contribution in [3.63, 3.8) is 0 Å². The first-order valence-corrected chi connectivity index (χ1v) is 7.23. The predicted molar refractivity (Wildman–Crippen MR) is 77.7 cm³/mol. The van der Waals surface area contributed by atoms with Crippen LogP contribution in [0.25, 0.3) is 0 Å². The molecule has 1 fully saturated rings. The largest absolute Gasteiger partial charge is 0.480 e. The van der Waals surface area contributed by atoms with Crippen LogP contribution in [0.5, 0.6) is 0 Å². The van der Waals surface area contributed by atoms with Gasteiger partial charge >= 0.3 is 12.0 Å². The van der Waals surface area contributed by atoms with Gasteiger partial charge in [-0.05, 0) is 39.3 Å². The van der Waals surface area contributed by atoms with Crippen LogP contribution in [0.1, 0.15) is 33.1 Å². The van der Waals surface area contributed by atoms with Crippen LogP contribution in [0.4, 0.5) is 4.79 Å². The minimum Gasteiger partial charge on any atom is -0.480 e. The van der Waals surface area contributed by atoms with E-state index in [2.05, 4.69) is 19.2 Å². The van der Waals surface area contributed by atoms with Crippen molar-refractivity contribution in [2.75, 3.05) is 27.2 Å². The van der Waals surface area contributed by atoms with E-state index in [1.165, 1.54) is 4.90 Å². The van der Waals surface area contributed by atoms with Gasteiger partial charge in [0.05, 0.1) is 0 Å². The van der Waals surface area contributed by atoms with Crippen molar-refractivity contribution in [3.8, 4) is 0 Å². The molecule has 0 radical (unpaired) electrons. The molecular weight excluding hydrogens is 258 g/mol. The molecule has 1 atom stereocenters. The highest BCUT2D eigenvalue weighted by molar-refractivity contribution is 5.80. The number of likely N-dealkylation sites (N-methyl/N-ethyl adjacent to an activating group) is 1. The summed E-state index contributed by atoms with van der Waals surface area (Å²) >= 11 is 0. The SMILES string of the molecule is CC(C)CC(CN(C)C)NC(=O)N(CC(=O)O)C1CC1. The van der Waals surface area contributed by atoms with E-state index in [4.69, 9.17) is 5.11 Å². The summed E-state index contributed by atoms with van der Waals surface area (Å²) in [5.41, 5.74) is 0. The zero-order valence-electron chi connectivity index (χ0n) is 12.9. The Kier molecular flexibility index (Phi) is 6.26. The fraction of sp³-hybridized carbons (Fsp3) is 0.857. The highest BCUT2D eigenvalue weighted by Gasteiger charge is 2.34. The monoisotopic (exact) mass is 285 g/mol. The van der Waals surface area contributed by atoms with E-state index in [1.54, 1.807) is 0 Å². The Morgan fingerprint density at radius 3 is 2.30 bits per heavy atom. The topological polar surface area (TPSA) is 72.9 Å². The standard InChI is InChI=1S/C14H27N3O3/c1-10(2)7-11(8-16(3)4)15-14(20)17(9-13(18)19)12-5-6-12/h10-12H,5-9H2,1-4H3,(H,15,20)(H,18,19). The molecule has 0 bridgehead atoms. The number of nitrogens with zero attached hydrogens (tertiary/aromatic N) is 2. The molecule has 1 rings (SSSR count). The number of hydrogen-bond donors (Lipinski definition) is 2. The second kappa shape index (κ2) is 7.47. The molecule has 0 aromatic carbocycles. The fourth-order valence-corrected chi connectivity index (χ4v) is 2.35. The average Bonchev–Trinajstić information content (AvgIpc) is 3.06. The van der Waals surface area contributed by atoms with Crippen LogP contribution < -0.4 is 5.32 Å². The van der Waals surface area contributed by atoms with Crippen molar-refractivity contribution in [1.29, 1.82) is 0 Å². The second-order valence-electron chi connectivity index (χ2n) is 6.29. The van der Waals surface area contributed by atoms with Gasteiger partial charge in [-0.3, -0.25) is 4.79 Å². The molecule has 1 saturated carbocycles. The van der Waals surface area contributed by atoms with Crippen LogP contribution in [0.3, 0.4) is 0 Å². The van der Waals surface area contributed by atoms with Gasteiger partial charge < -0.3 is 20.2 Å². The highest BCUT2D eigenvalue weighted by atomic mass is 16.4. The maximum Gasteiger partial charge on any atom is 0.323 e. The van der Waals surface area contributed by atoms with Gasteiger partial charge in [-0.1, -0.05) is 13.8 Å². The number of carboxylic acid groups (broad SMARTS) is 1. The van der Waals surface area contributed by atoms with Crippen molar-refractivity contribution in [2.45, 2.75) is 45.2 Å². The smallest absolute Gasteiger partial charge is 0.323 e. The molecular formula is C14H27N3O3. The van der Waals surface area contributed by atoms with E-state index < -0.39 is 5.97 Å². The van der Waals surface area contributed by atoms with E-state index >= 15 is 0 Å². The summed E-state index contributed by atoms with van der Waals surface area (Å²) in [6, 6.07) is -0.0971. The van der Waals surface area contributed by atoms with Crippen LogP contribution in [-0.2, 0) is 4.79 Å². The van der Waals surface area contributed by atoms with Crippen molar-refractivity contribution in [2.24, 2.45) is 5.92 Å². The Hall–Kier alpha value is -1.30. The van der Waals surface area contributed by atoms with Gasteiger partial charge in [-0.15, -0.1) is 0 Å². The number of carboxylic acids is 1. The van der Waals surface area contributed by atoms with E-state index in [9.17, 15) is 9.59 Å². The van der Waals surface area contributed by atoms with Gasteiger partial charge in [-0.2, -0.15) is 0 Å². The van der Waals surface area contributed by atoms with Crippen molar-refractivity contribution in [3.05, 3.63) is 0 Å². The average molecular weight is 285 g/mol. The normalized spacial score (nSPS) is 16.3. The summed E-state index contributed by atoms with van der Waals surface area (Å²) < 4.78 is 0. The molecule has 6 nitrogen and oxygen atoms in total.